The van der Waals surface area contributed by atoms with E-state index in [9.17, 15) is 14.9 Å². The topological polar surface area (TPSA) is 82.3 Å². The number of carbonyl (C=O) groups is 2. The highest BCUT2D eigenvalue weighted by Crippen LogP contribution is 2.32. The smallest absolute Gasteiger partial charge is 0.261 e. The summed E-state index contributed by atoms with van der Waals surface area (Å²) in [5.41, 5.74) is 2.87. The van der Waals surface area contributed by atoms with Gasteiger partial charge in [0.2, 0.25) is 0 Å². The van der Waals surface area contributed by atoms with Gasteiger partial charge < -0.3 is 0 Å². The van der Waals surface area contributed by atoms with Crippen molar-refractivity contribution in [1.29, 1.82) is 5.26 Å². The van der Waals surface area contributed by atoms with Crippen LogP contribution in [-0.2, 0) is 4.79 Å². The fourth-order valence-electron chi connectivity index (χ4n) is 2.70. The molecule has 1 aliphatic rings. The van der Waals surface area contributed by atoms with E-state index in [1.165, 1.54) is 0 Å². The summed E-state index contributed by atoms with van der Waals surface area (Å²) in [5.74, 6) is -0.768. The number of amides is 1. The van der Waals surface area contributed by atoms with E-state index in [2.05, 4.69) is 16.6 Å². The number of nitrogens with one attached hydrogen (secondary N) is 1. The predicted octanol–water partition coefficient (Wildman–Crippen LogP) is 2.69. The second-order valence-corrected chi connectivity index (χ2v) is 5.70. The van der Waals surface area contributed by atoms with Crippen LogP contribution in [0.5, 0.6) is 0 Å². The molecule has 0 aromatic heterocycles. The van der Waals surface area contributed by atoms with E-state index in [4.69, 9.17) is 0 Å². The van der Waals surface area contributed by atoms with Crippen LogP contribution in [0.1, 0.15) is 28.8 Å². The van der Waals surface area contributed by atoms with Crippen LogP contribution >= 0.6 is 0 Å². The molecule has 5 heteroatoms. The third kappa shape index (κ3) is 2.95. The highest BCUT2D eigenvalue weighted by atomic mass is 16.2. The number of hydrazone groups is 1. The maximum Gasteiger partial charge on any atom is 0.261 e. The largest absolute Gasteiger partial charge is 0.294 e. The van der Waals surface area contributed by atoms with Crippen molar-refractivity contribution in [3.8, 4) is 6.07 Å². The van der Waals surface area contributed by atoms with Crippen LogP contribution in [0.2, 0.25) is 0 Å². The number of carbonyl (C=O) groups excluding carboxylic acids is 2. The Balaban J connectivity index is 1.89. The summed E-state index contributed by atoms with van der Waals surface area (Å²) < 4.78 is 0. The first-order valence-corrected chi connectivity index (χ1v) is 7.56. The lowest BCUT2D eigenvalue weighted by molar-refractivity contribution is -0.128. The predicted molar refractivity (Wildman–Crippen MR) is 89.2 cm³/mol. The summed E-state index contributed by atoms with van der Waals surface area (Å²) >= 11 is 0. The first-order chi connectivity index (χ1) is 11.6. The average molecular weight is 317 g/mol. The first kappa shape index (κ1) is 15.6. The Kier molecular flexibility index (Phi) is 4.21. The van der Waals surface area contributed by atoms with E-state index < -0.39 is 11.3 Å². The van der Waals surface area contributed by atoms with Crippen molar-refractivity contribution in [2.75, 3.05) is 0 Å². The number of rotatable bonds is 4. The molecule has 5 nitrogen and oxygen atoms in total. The second-order valence-electron chi connectivity index (χ2n) is 5.70. The van der Waals surface area contributed by atoms with E-state index in [1.807, 2.05) is 36.4 Å². The Hall–Kier alpha value is -3.26. The summed E-state index contributed by atoms with van der Waals surface area (Å²) in [5, 5.41) is 13.7. The van der Waals surface area contributed by atoms with Crippen molar-refractivity contribution in [3.05, 3.63) is 71.8 Å². The fourth-order valence-corrected chi connectivity index (χ4v) is 2.70. The number of hydrogen-bond acceptors (Lipinski definition) is 4. The van der Waals surface area contributed by atoms with Gasteiger partial charge in [-0.25, -0.2) is 5.43 Å². The molecule has 1 atom stereocenters. The summed E-state index contributed by atoms with van der Waals surface area (Å²) in [7, 11) is 0. The Bertz CT molecular complexity index is 838. The van der Waals surface area contributed by atoms with Gasteiger partial charge in [-0.1, -0.05) is 60.7 Å². The molecule has 0 saturated heterocycles. The summed E-state index contributed by atoms with van der Waals surface area (Å²) in [6.07, 6.45) is -0.0663. The summed E-state index contributed by atoms with van der Waals surface area (Å²) in [6.45, 7) is 0. The van der Waals surface area contributed by atoms with Gasteiger partial charge in [0.05, 0.1) is 11.8 Å². The molecule has 2 aromatic carbocycles. The van der Waals surface area contributed by atoms with Crippen LogP contribution < -0.4 is 5.43 Å². The van der Waals surface area contributed by atoms with E-state index in [1.54, 1.807) is 24.3 Å². The lowest BCUT2D eigenvalue weighted by atomic mass is 9.76. The van der Waals surface area contributed by atoms with Gasteiger partial charge in [-0.2, -0.15) is 10.4 Å². The van der Waals surface area contributed by atoms with Crippen molar-refractivity contribution in [1.82, 2.24) is 5.43 Å². The van der Waals surface area contributed by atoms with E-state index in [0.717, 1.165) is 5.56 Å². The SMILES string of the molecule is N#CC1(CC(=O)c2ccccc2)CC(c2ccccc2)=NNC1=O. The standard InChI is InChI=1S/C19H15N3O2/c20-13-19(12-17(23)15-9-5-2-6-10-15)11-16(21-22-18(19)24)14-7-3-1-4-8-14/h1-10H,11-12H2,(H,22,24). The van der Waals surface area contributed by atoms with Gasteiger partial charge >= 0.3 is 0 Å². The third-order valence-electron chi connectivity index (χ3n) is 4.08. The molecule has 1 amide bonds. The van der Waals surface area contributed by atoms with Crippen LogP contribution in [0.15, 0.2) is 65.8 Å². The highest BCUT2D eigenvalue weighted by molar-refractivity contribution is 6.09. The maximum absolute atomic E-state index is 12.5. The molecule has 0 radical (unpaired) electrons. The zero-order valence-corrected chi connectivity index (χ0v) is 12.9. The van der Waals surface area contributed by atoms with Gasteiger partial charge in [0, 0.05) is 18.4 Å². The minimum absolute atomic E-state index is 0.109. The van der Waals surface area contributed by atoms with Crippen LogP contribution in [0, 0.1) is 16.7 Å². The van der Waals surface area contributed by atoms with Gasteiger partial charge in [-0.05, 0) is 5.56 Å². The Morgan fingerprint density at radius 2 is 1.75 bits per heavy atom. The zero-order valence-electron chi connectivity index (χ0n) is 12.9. The van der Waals surface area contributed by atoms with E-state index in [-0.39, 0.29) is 18.6 Å². The Morgan fingerprint density at radius 1 is 1.12 bits per heavy atom. The number of hydrogen-bond donors (Lipinski definition) is 1. The molecule has 1 unspecified atom stereocenters. The zero-order chi connectivity index (χ0) is 17.0. The van der Waals surface area contributed by atoms with Crippen molar-refractivity contribution >= 4 is 17.4 Å². The lowest BCUT2D eigenvalue weighted by Gasteiger charge is -2.28. The van der Waals surface area contributed by atoms with Crippen LogP contribution in [-0.4, -0.2) is 17.4 Å². The van der Waals surface area contributed by atoms with Gasteiger partial charge in [0.25, 0.3) is 5.91 Å². The molecule has 0 spiro atoms. The van der Waals surface area contributed by atoms with Crippen LogP contribution in [0.3, 0.4) is 0 Å². The third-order valence-corrected chi connectivity index (χ3v) is 4.08. The molecule has 2 aromatic rings. The molecule has 0 bridgehead atoms. The van der Waals surface area contributed by atoms with Crippen molar-refractivity contribution in [3.63, 3.8) is 0 Å². The average Bonchev–Trinajstić information content (AvgIpc) is 2.65. The highest BCUT2D eigenvalue weighted by Gasteiger charge is 2.44. The van der Waals surface area contributed by atoms with Gasteiger partial charge in [-0.3, -0.25) is 9.59 Å². The Morgan fingerprint density at radius 3 is 2.38 bits per heavy atom. The quantitative estimate of drug-likeness (QED) is 0.880. The lowest BCUT2D eigenvalue weighted by Crippen LogP contribution is -2.45. The van der Waals surface area contributed by atoms with E-state index >= 15 is 0 Å². The van der Waals surface area contributed by atoms with Gasteiger partial charge in [0.15, 0.2) is 11.2 Å². The Labute approximate surface area is 139 Å². The molecule has 1 N–H and O–H groups in total. The molecule has 3 rings (SSSR count). The number of nitriles is 1. The van der Waals surface area contributed by atoms with E-state index in [0.29, 0.717) is 11.3 Å². The van der Waals surface area contributed by atoms with Gasteiger partial charge in [0.1, 0.15) is 0 Å². The monoisotopic (exact) mass is 317 g/mol. The number of benzene rings is 2. The summed E-state index contributed by atoms with van der Waals surface area (Å²) in [4.78, 5) is 24.8. The second kappa shape index (κ2) is 6.47. The molecular formula is C19H15N3O2. The van der Waals surface area contributed by atoms with Crippen molar-refractivity contribution in [2.24, 2.45) is 10.5 Å². The molecule has 1 heterocycles. The van der Waals surface area contributed by atoms with Crippen molar-refractivity contribution in [2.45, 2.75) is 12.8 Å². The minimum atomic E-state index is -1.44. The molecule has 1 aliphatic heterocycles. The van der Waals surface area contributed by atoms with Gasteiger partial charge in [-0.15, -0.1) is 0 Å². The number of nitrogens with zero attached hydrogens (tertiary/aromatic N) is 2. The molecular weight excluding hydrogens is 302 g/mol. The first-order valence-electron chi connectivity index (χ1n) is 7.56. The molecule has 0 aliphatic carbocycles. The molecule has 0 saturated carbocycles. The molecule has 24 heavy (non-hydrogen) atoms. The number of ketones is 1. The fraction of sp³-hybridized carbons (Fsp3) is 0.158. The van der Waals surface area contributed by atoms with Crippen LogP contribution in [0.4, 0.5) is 0 Å². The van der Waals surface area contributed by atoms with Crippen molar-refractivity contribution < 1.29 is 9.59 Å². The minimum Gasteiger partial charge on any atom is -0.294 e. The molecule has 0 fully saturated rings. The number of Topliss-reactive ketones (excluding diaryl/α,β-unsaturated/α-hetero) is 1. The summed E-state index contributed by atoms with van der Waals surface area (Å²) in [6, 6.07) is 20.0. The maximum atomic E-state index is 12.5. The molecule has 118 valence electrons. The normalized spacial score (nSPS) is 19.8. The van der Waals surface area contributed by atoms with Crippen LogP contribution in [0.25, 0.3) is 0 Å².